The maximum atomic E-state index is 11.9. The van der Waals surface area contributed by atoms with E-state index >= 15 is 0 Å². The van der Waals surface area contributed by atoms with Gasteiger partial charge in [0.05, 0.1) is 11.3 Å². The van der Waals surface area contributed by atoms with Gasteiger partial charge >= 0.3 is 5.97 Å². The Morgan fingerprint density at radius 3 is 2.64 bits per heavy atom. The van der Waals surface area contributed by atoms with Gasteiger partial charge in [-0.15, -0.1) is 11.3 Å². The molecule has 0 fully saturated rings. The van der Waals surface area contributed by atoms with Crippen LogP contribution in [0.15, 0.2) is 52.3 Å². The van der Waals surface area contributed by atoms with Crippen LogP contribution in [0.4, 0.5) is 0 Å². The third-order valence-electron chi connectivity index (χ3n) is 3.64. The number of esters is 1. The number of carbonyl (C=O) groups excluding carboxylic acids is 2. The molecule has 0 unspecified atom stereocenters. The molecule has 0 saturated heterocycles. The van der Waals surface area contributed by atoms with Crippen LogP contribution in [0.2, 0.25) is 0 Å². The molecule has 3 aromatic rings. The van der Waals surface area contributed by atoms with Gasteiger partial charge in [0.2, 0.25) is 5.89 Å². The van der Waals surface area contributed by atoms with E-state index in [9.17, 15) is 9.59 Å². The lowest BCUT2D eigenvalue weighted by atomic mass is 10.2. The zero-order valence-electron chi connectivity index (χ0n) is 13.7. The number of oxazole rings is 1. The minimum Gasteiger partial charge on any atom is -0.459 e. The Bertz CT molecular complexity index is 853. The summed E-state index contributed by atoms with van der Waals surface area (Å²) in [6.45, 7) is 1.82. The summed E-state index contributed by atoms with van der Waals surface area (Å²) in [5.74, 6) is 0.642. The number of benzene rings is 1. The predicted octanol–water partition coefficient (Wildman–Crippen LogP) is 4.42. The molecule has 2 heterocycles. The fourth-order valence-corrected chi connectivity index (χ4v) is 2.96. The highest BCUT2D eigenvalue weighted by atomic mass is 32.1. The molecule has 25 heavy (non-hydrogen) atoms. The van der Waals surface area contributed by atoms with E-state index in [4.69, 9.17) is 9.15 Å². The Morgan fingerprint density at radius 1 is 1.12 bits per heavy atom. The first-order chi connectivity index (χ1) is 12.1. The molecule has 1 aromatic carbocycles. The molecular weight excluding hydrogens is 338 g/mol. The normalized spacial score (nSPS) is 10.6. The molecule has 5 nitrogen and oxygen atoms in total. The second kappa shape index (κ2) is 7.90. The van der Waals surface area contributed by atoms with Crippen molar-refractivity contribution in [2.45, 2.75) is 26.4 Å². The molecule has 0 bridgehead atoms. The van der Waals surface area contributed by atoms with Gasteiger partial charge in [-0.2, -0.15) is 0 Å². The second-order valence-corrected chi connectivity index (χ2v) is 6.40. The smallest absolute Gasteiger partial charge is 0.306 e. The van der Waals surface area contributed by atoms with Crippen LogP contribution in [-0.4, -0.2) is 16.7 Å². The topological polar surface area (TPSA) is 69.4 Å². The number of carbonyl (C=O) groups is 2. The van der Waals surface area contributed by atoms with Gasteiger partial charge in [0.25, 0.3) is 0 Å². The van der Waals surface area contributed by atoms with Crippen molar-refractivity contribution in [3.63, 3.8) is 0 Å². The Morgan fingerprint density at radius 2 is 1.92 bits per heavy atom. The van der Waals surface area contributed by atoms with Crippen LogP contribution in [0.1, 0.15) is 34.0 Å². The van der Waals surface area contributed by atoms with Crippen LogP contribution >= 0.6 is 11.3 Å². The fourth-order valence-electron chi connectivity index (χ4n) is 2.26. The number of ketones is 1. The van der Waals surface area contributed by atoms with E-state index in [1.165, 1.54) is 11.3 Å². The van der Waals surface area contributed by atoms with Crippen molar-refractivity contribution in [1.29, 1.82) is 0 Å². The number of nitrogens with zero attached hydrogens (tertiary/aromatic N) is 1. The lowest BCUT2D eigenvalue weighted by molar-refractivity contribution is -0.145. The van der Waals surface area contributed by atoms with Crippen molar-refractivity contribution >= 4 is 23.1 Å². The van der Waals surface area contributed by atoms with Crippen molar-refractivity contribution in [2.24, 2.45) is 0 Å². The zero-order valence-corrected chi connectivity index (χ0v) is 14.5. The van der Waals surface area contributed by atoms with Crippen LogP contribution in [0.25, 0.3) is 11.5 Å². The van der Waals surface area contributed by atoms with Crippen molar-refractivity contribution in [2.75, 3.05) is 0 Å². The summed E-state index contributed by atoms with van der Waals surface area (Å²) in [6, 6.07) is 13.1. The van der Waals surface area contributed by atoms with E-state index in [1.54, 1.807) is 13.0 Å². The zero-order chi connectivity index (χ0) is 17.6. The third-order valence-corrected chi connectivity index (χ3v) is 4.55. The number of hydrogen-bond donors (Lipinski definition) is 0. The van der Waals surface area contributed by atoms with Crippen LogP contribution in [0, 0.1) is 6.92 Å². The number of aryl methyl sites for hydroxylation is 1. The van der Waals surface area contributed by atoms with Gasteiger partial charge in [-0.3, -0.25) is 9.59 Å². The van der Waals surface area contributed by atoms with E-state index in [1.807, 2.05) is 41.8 Å². The molecule has 0 amide bonds. The first-order valence-corrected chi connectivity index (χ1v) is 8.75. The molecule has 0 aliphatic rings. The molecule has 0 aliphatic carbocycles. The maximum absolute atomic E-state index is 11.9. The summed E-state index contributed by atoms with van der Waals surface area (Å²) in [4.78, 5) is 28.8. The molecule has 0 atom stereocenters. The minimum atomic E-state index is -0.423. The van der Waals surface area contributed by atoms with Crippen LogP contribution < -0.4 is 0 Å². The van der Waals surface area contributed by atoms with Crippen LogP contribution in [0.5, 0.6) is 0 Å². The Kier molecular flexibility index (Phi) is 5.40. The molecule has 6 heteroatoms. The second-order valence-electron chi connectivity index (χ2n) is 5.45. The fraction of sp³-hybridized carbons (Fsp3) is 0.211. The van der Waals surface area contributed by atoms with Crippen molar-refractivity contribution in [3.8, 4) is 11.5 Å². The highest BCUT2D eigenvalue weighted by Crippen LogP contribution is 2.22. The van der Waals surface area contributed by atoms with E-state index < -0.39 is 5.97 Å². The summed E-state index contributed by atoms with van der Waals surface area (Å²) in [5.41, 5.74) is 1.45. The average molecular weight is 355 g/mol. The number of ether oxygens (including phenoxy) is 1. The van der Waals surface area contributed by atoms with Crippen molar-refractivity contribution < 1.29 is 18.7 Å². The average Bonchev–Trinajstić information content (AvgIpc) is 3.28. The van der Waals surface area contributed by atoms with Crippen LogP contribution in [-0.2, 0) is 16.1 Å². The van der Waals surface area contributed by atoms with Gasteiger partial charge in [-0.1, -0.05) is 24.3 Å². The lowest BCUT2D eigenvalue weighted by Gasteiger charge is -2.02. The van der Waals surface area contributed by atoms with Crippen molar-refractivity contribution in [3.05, 3.63) is 64.2 Å². The molecule has 2 aromatic heterocycles. The first-order valence-electron chi connectivity index (χ1n) is 7.87. The highest BCUT2D eigenvalue weighted by Gasteiger charge is 2.15. The number of hydrogen-bond acceptors (Lipinski definition) is 6. The van der Waals surface area contributed by atoms with Gasteiger partial charge < -0.3 is 9.15 Å². The molecule has 0 saturated carbocycles. The van der Waals surface area contributed by atoms with Gasteiger partial charge in [0, 0.05) is 12.0 Å². The number of Topliss-reactive ketones (excluding diaryl/α,β-unsaturated/α-hetero) is 1. The molecule has 128 valence electrons. The lowest BCUT2D eigenvalue weighted by Crippen LogP contribution is -2.08. The predicted molar refractivity (Wildman–Crippen MR) is 94.4 cm³/mol. The minimum absolute atomic E-state index is 0.0359. The molecule has 0 radical (unpaired) electrons. The Labute approximate surface area is 149 Å². The standard InChI is InChI=1S/C19H17NO4S/c1-13-15(20-19(24-13)14-6-3-2-4-7-14)12-23-18(22)10-9-16(21)17-8-5-11-25-17/h2-8,11H,9-10,12H2,1H3. The highest BCUT2D eigenvalue weighted by molar-refractivity contribution is 7.12. The molecule has 0 N–H and O–H groups in total. The Hall–Kier alpha value is -2.73. The summed E-state index contributed by atoms with van der Waals surface area (Å²) in [5, 5.41) is 1.84. The van der Waals surface area contributed by atoms with E-state index in [-0.39, 0.29) is 25.2 Å². The summed E-state index contributed by atoms with van der Waals surface area (Å²) in [6.07, 6.45) is 0.200. The molecule has 3 rings (SSSR count). The van der Waals surface area contributed by atoms with Gasteiger partial charge in [0.1, 0.15) is 18.1 Å². The molecule has 0 spiro atoms. The summed E-state index contributed by atoms with van der Waals surface area (Å²) in [7, 11) is 0. The van der Waals surface area contributed by atoms with Gasteiger partial charge in [-0.05, 0) is 30.5 Å². The van der Waals surface area contributed by atoms with Crippen LogP contribution in [0.3, 0.4) is 0 Å². The number of aromatic nitrogens is 1. The monoisotopic (exact) mass is 355 g/mol. The summed E-state index contributed by atoms with van der Waals surface area (Å²) < 4.78 is 10.8. The molecular formula is C19H17NO4S. The van der Waals surface area contributed by atoms with Crippen molar-refractivity contribution in [1.82, 2.24) is 4.98 Å². The van der Waals surface area contributed by atoms with Gasteiger partial charge in [0.15, 0.2) is 5.78 Å². The quantitative estimate of drug-likeness (QED) is 0.463. The third kappa shape index (κ3) is 4.42. The molecule has 0 aliphatic heterocycles. The Balaban J connectivity index is 1.52. The van der Waals surface area contributed by atoms with Gasteiger partial charge in [-0.25, -0.2) is 4.98 Å². The summed E-state index contributed by atoms with van der Waals surface area (Å²) >= 11 is 1.37. The van der Waals surface area contributed by atoms with E-state index in [0.29, 0.717) is 22.2 Å². The number of rotatable bonds is 7. The SMILES string of the molecule is Cc1oc(-c2ccccc2)nc1COC(=O)CCC(=O)c1cccs1. The van der Waals surface area contributed by atoms with E-state index in [0.717, 1.165) is 5.56 Å². The largest absolute Gasteiger partial charge is 0.459 e. The number of thiophene rings is 1. The van der Waals surface area contributed by atoms with E-state index in [2.05, 4.69) is 4.98 Å². The first kappa shape index (κ1) is 17.1. The maximum Gasteiger partial charge on any atom is 0.306 e.